The summed E-state index contributed by atoms with van der Waals surface area (Å²) >= 11 is 0. The largest absolute Gasteiger partial charge is 0.348 e. The first-order valence-corrected chi connectivity index (χ1v) is 10.1. The fourth-order valence-corrected chi connectivity index (χ4v) is 5.67. The molecule has 1 amide bonds. The van der Waals surface area contributed by atoms with Crippen LogP contribution >= 0.6 is 0 Å². The number of aryl methyl sites for hydroxylation is 1. The molecule has 7 heteroatoms. The molecule has 1 aromatic heterocycles. The zero-order valence-corrected chi connectivity index (χ0v) is 16.2. The van der Waals surface area contributed by atoms with Crippen molar-refractivity contribution >= 4 is 11.7 Å². The number of likely N-dealkylation sites (tertiary alicyclic amines) is 1. The lowest BCUT2D eigenvalue weighted by molar-refractivity contribution is -0.131. The molecule has 6 rings (SSSR count). The number of aromatic nitrogens is 1. The van der Waals surface area contributed by atoms with Crippen molar-refractivity contribution in [2.24, 2.45) is 13.0 Å². The Balaban J connectivity index is 1.52. The number of hydrogen-bond donors (Lipinski definition) is 0. The molecular formula is C22H23F2N3O2. The first-order chi connectivity index (χ1) is 13.9. The minimum absolute atomic E-state index is 0.00568. The molecule has 29 heavy (non-hydrogen) atoms. The van der Waals surface area contributed by atoms with E-state index in [2.05, 4.69) is 4.90 Å². The molecule has 4 aliphatic rings. The number of nitrogens with zero attached hydrogens (tertiary/aromatic N) is 3. The number of carbonyl (C=O) groups is 2. The molecule has 3 atom stereocenters. The Hall–Kier alpha value is -2.54. The second kappa shape index (κ2) is 6.76. The van der Waals surface area contributed by atoms with Gasteiger partial charge in [-0.25, -0.2) is 8.78 Å². The smallest absolute Gasteiger partial charge is 0.296 e. The van der Waals surface area contributed by atoms with Crippen LogP contribution in [0.25, 0.3) is 0 Å². The monoisotopic (exact) mass is 399 g/mol. The number of piperidine rings is 3. The Morgan fingerprint density at radius 2 is 1.72 bits per heavy atom. The highest BCUT2D eigenvalue weighted by molar-refractivity contribution is 6.42. The average Bonchev–Trinajstić information content (AvgIpc) is 3.32. The highest BCUT2D eigenvalue weighted by Crippen LogP contribution is 2.46. The Kier molecular flexibility index (Phi) is 4.31. The Morgan fingerprint density at radius 3 is 2.34 bits per heavy atom. The van der Waals surface area contributed by atoms with E-state index in [-0.39, 0.29) is 18.0 Å². The van der Waals surface area contributed by atoms with E-state index >= 15 is 0 Å². The van der Waals surface area contributed by atoms with Crippen LogP contribution in [-0.4, -0.2) is 57.8 Å². The van der Waals surface area contributed by atoms with Crippen LogP contribution in [0.1, 0.15) is 34.8 Å². The van der Waals surface area contributed by atoms with Gasteiger partial charge in [-0.15, -0.1) is 0 Å². The van der Waals surface area contributed by atoms with Gasteiger partial charge < -0.3 is 9.47 Å². The van der Waals surface area contributed by atoms with Gasteiger partial charge in [-0.3, -0.25) is 14.5 Å². The fraction of sp³-hybridized carbons (Fsp3) is 0.455. The number of amides is 1. The van der Waals surface area contributed by atoms with Gasteiger partial charge in [-0.2, -0.15) is 0 Å². The number of rotatable bonds is 3. The lowest BCUT2D eigenvalue weighted by atomic mass is 9.75. The Labute approximate surface area is 167 Å². The molecule has 1 aromatic carbocycles. The van der Waals surface area contributed by atoms with Crippen molar-refractivity contribution in [1.29, 1.82) is 0 Å². The van der Waals surface area contributed by atoms with Gasteiger partial charge in [0.2, 0.25) is 0 Å². The average molecular weight is 399 g/mol. The van der Waals surface area contributed by atoms with Crippen LogP contribution in [0.2, 0.25) is 0 Å². The van der Waals surface area contributed by atoms with Gasteiger partial charge in [0.15, 0.2) is 0 Å². The zero-order chi connectivity index (χ0) is 20.3. The van der Waals surface area contributed by atoms with Crippen LogP contribution in [0.4, 0.5) is 8.78 Å². The van der Waals surface area contributed by atoms with Crippen molar-refractivity contribution in [1.82, 2.24) is 14.4 Å². The predicted molar refractivity (Wildman–Crippen MR) is 102 cm³/mol. The molecule has 5 heterocycles. The lowest BCUT2D eigenvalue weighted by Crippen LogP contribution is -2.61. The maximum Gasteiger partial charge on any atom is 0.296 e. The molecule has 0 unspecified atom stereocenters. The Bertz CT molecular complexity index is 960. The summed E-state index contributed by atoms with van der Waals surface area (Å²) in [5.74, 6) is -2.17. The fourth-order valence-electron chi connectivity index (χ4n) is 5.67. The summed E-state index contributed by atoms with van der Waals surface area (Å²) in [7, 11) is 1.74. The van der Waals surface area contributed by atoms with E-state index in [1.54, 1.807) is 34.8 Å². The molecule has 0 spiro atoms. The van der Waals surface area contributed by atoms with E-state index in [0.29, 0.717) is 23.7 Å². The first kappa shape index (κ1) is 18.5. The summed E-state index contributed by atoms with van der Waals surface area (Å²) in [6, 6.07) is 6.87. The van der Waals surface area contributed by atoms with E-state index in [4.69, 9.17) is 0 Å². The third-order valence-corrected chi connectivity index (χ3v) is 6.94. The van der Waals surface area contributed by atoms with Gasteiger partial charge >= 0.3 is 0 Å². The normalized spacial score (nSPS) is 30.4. The van der Waals surface area contributed by atoms with Gasteiger partial charge in [0.1, 0.15) is 11.6 Å². The maximum atomic E-state index is 13.9. The standard InChI is InChI=1S/C22H23F2N3O2/c1-25-6-2-3-18(25)21(28)22(29)27-12-17(14-9-15(23)11-16(24)10-14)20-19(27)13-4-7-26(20)8-5-13/h2-3,6,9-11,13,17,19-20H,4-5,7-8,12H2,1H3/t17-,19+,20+/m1/s1. The Morgan fingerprint density at radius 1 is 1.03 bits per heavy atom. The van der Waals surface area contributed by atoms with Gasteiger partial charge in [-0.05, 0) is 61.7 Å². The van der Waals surface area contributed by atoms with Crippen LogP contribution in [-0.2, 0) is 11.8 Å². The van der Waals surface area contributed by atoms with E-state index in [9.17, 15) is 18.4 Å². The van der Waals surface area contributed by atoms with Gasteiger partial charge in [-0.1, -0.05) is 0 Å². The third-order valence-electron chi connectivity index (χ3n) is 6.94. The molecule has 4 saturated heterocycles. The number of hydrogen-bond acceptors (Lipinski definition) is 3. The van der Waals surface area contributed by atoms with Crippen LogP contribution in [0.3, 0.4) is 0 Å². The van der Waals surface area contributed by atoms with Gasteiger partial charge in [0.05, 0.1) is 11.7 Å². The van der Waals surface area contributed by atoms with Gasteiger partial charge in [0, 0.05) is 37.8 Å². The van der Waals surface area contributed by atoms with Crippen LogP contribution in [0.5, 0.6) is 0 Å². The molecule has 0 radical (unpaired) electrons. The molecule has 5 nitrogen and oxygen atoms in total. The van der Waals surface area contributed by atoms with Crippen LogP contribution in [0, 0.1) is 17.6 Å². The predicted octanol–water partition coefficient (Wildman–Crippen LogP) is 2.57. The van der Waals surface area contributed by atoms with E-state index in [1.807, 2.05) is 0 Å². The molecule has 0 N–H and O–H groups in total. The number of carbonyl (C=O) groups excluding carboxylic acids is 2. The maximum absolute atomic E-state index is 13.9. The highest BCUT2D eigenvalue weighted by Gasteiger charge is 2.55. The molecule has 0 saturated carbocycles. The number of halogens is 2. The van der Waals surface area contributed by atoms with Crippen molar-refractivity contribution < 1.29 is 18.4 Å². The van der Waals surface area contributed by atoms with E-state index < -0.39 is 23.3 Å². The molecular weight excluding hydrogens is 376 g/mol. The minimum Gasteiger partial charge on any atom is -0.348 e. The highest BCUT2D eigenvalue weighted by atomic mass is 19.1. The summed E-state index contributed by atoms with van der Waals surface area (Å²) in [6.45, 7) is 2.15. The van der Waals surface area contributed by atoms with Crippen molar-refractivity contribution in [3.8, 4) is 0 Å². The molecule has 152 valence electrons. The topological polar surface area (TPSA) is 45.6 Å². The molecule has 2 aromatic rings. The molecule has 4 fully saturated rings. The molecule has 2 bridgehead atoms. The third kappa shape index (κ3) is 2.90. The number of fused-ring (bicyclic) bond motifs is 2. The summed E-state index contributed by atoms with van der Waals surface area (Å²) in [5.41, 5.74) is 0.916. The summed E-state index contributed by atoms with van der Waals surface area (Å²) in [4.78, 5) is 30.2. The number of benzene rings is 1. The number of Topliss-reactive ketones (excluding diaryl/α,β-unsaturated/α-hetero) is 1. The van der Waals surface area contributed by atoms with Crippen molar-refractivity contribution in [3.63, 3.8) is 0 Å². The second-order valence-electron chi connectivity index (χ2n) is 8.45. The van der Waals surface area contributed by atoms with E-state index in [1.165, 1.54) is 12.1 Å². The minimum atomic E-state index is -0.614. The molecule has 4 aliphatic heterocycles. The SMILES string of the molecule is Cn1cccc1C(=O)C(=O)N1C[C@H](c2cc(F)cc(F)c2)[C@H]2[C@@H]1C1CCN2CC1. The quantitative estimate of drug-likeness (QED) is 0.589. The van der Waals surface area contributed by atoms with Gasteiger partial charge in [0.25, 0.3) is 11.7 Å². The molecule has 0 aliphatic carbocycles. The summed E-state index contributed by atoms with van der Waals surface area (Å²) in [6.07, 6.45) is 3.70. The van der Waals surface area contributed by atoms with Crippen molar-refractivity contribution in [2.75, 3.05) is 19.6 Å². The van der Waals surface area contributed by atoms with Crippen LogP contribution in [0.15, 0.2) is 36.5 Å². The van der Waals surface area contributed by atoms with Crippen molar-refractivity contribution in [3.05, 3.63) is 59.4 Å². The lowest BCUT2D eigenvalue weighted by Gasteiger charge is -2.51. The first-order valence-electron chi connectivity index (χ1n) is 10.1. The second-order valence-corrected chi connectivity index (χ2v) is 8.45. The summed E-state index contributed by atoms with van der Waals surface area (Å²) in [5, 5.41) is 0. The summed E-state index contributed by atoms with van der Waals surface area (Å²) < 4.78 is 29.5. The van der Waals surface area contributed by atoms with E-state index in [0.717, 1.165) is 32.0 Å². The van der Waals surface area contributed by atoms with Crippen LogP contribution < -0.4 is 0 Å². The zero-order valence-electron chi connectivity index (χ0n) is 16.2. The van der Waals surface area contributed by atoms with Crippen molar-refractivity contribution in [2.45, 2.75) is 30.8 Å². The number of ketones is 1.